The molecule has 0 saturated carbocycles. The molecule has 0 aliphatic carbocycles. The number of carbonyl (C=O) groups excluding carboxylic acids is 1. The number of aliphatic hydroxyl groups is 4. The lowest BCUT2D eigenvalue weighted by Gasteiger charge is -2.41. The topological polar surface area (TPSA) is 200 Å². The Morgan fingerprint density at radius 3 is 2.15 bits per heavy atom. The number of aliphatic carboxylic acids is 2. The number of carboxylic acid groups (broad SMARTS) is 2. The van der Waals surface area contributed by atoms with Crippen LogP contribution >= 0.6 is 11.6 Å². The minimum absolute atomic E-state index is 0.397. The molecule has 0 bridgehead atoms. The first kappa shape index (κ1) is 31.3. The number of carboxylic acids is 2. The highest BCUT2D eigenvalue weighted by Gasteiger charge is 2.47. The number of hydrogen-bond acceptors (Lipinski definition) is 10. The molecule has 0 amide bonds. The molecule has 0 unspecified atom stereocenters. The zero-order valence-corrected chi connectivity index (χ0v) is 22.2. The minimum atomic E-state index is -2.87. The lowest BCUT2D eigenvalue weighted by atomic mass is 9.90. The van der Waals surface area contributed by atoms with Crippen LogP contribution in [0.15, 0.2) is 42.5 Å². The Hall–Kier alpha value is -3.26. The van der Waals surface area contributed by atoms with E-state index in [0.717, 1.165) is 5.56 Å². The van der Waals surface area contributed by atoms with E-state index in [0.29, 0.717) is 34.9 Å². The smallest absolute Gasteiger partial charge is 0.339 e. The van der Waals surface area contributed by atoms with Gasteiger partial charge < -0.3 is 44.8 Å². The van der Waals surface area contributed by atoms with Gasteiger partial charge in [0.1, 0.15) is 42.9 Å². The molecule has 13 heteroatoms. The van der Waals surface area contributed by atoms with E-state index < -0.39 is 73.5 Å². The van der Waals surface area contributed by atoms with Crippen LogP contribution < -0.4 is 4.74 Å². The first-order valence-corrected chi connectivity index (χ1v) is 12.7. The van der Waals surface area contributed by atoms with Crippen LogP contribution in [0.2, 0.25) is 5.02 Å². The number of hydrogen-bond donors (Lipinski definition) is 6. The second-order valence-electron chi connectivity index (χ2n) is 9.44. The van der Waals surface area contributed by atoms with Crippen LogP contribution in [0.3, 0.4) is 0 Å². The SMILES string of the molecule is CCOc1ccc(Cc2cc([C@@H]3O[C@H](COC(=O)C(O)(CC(=O)O)CC(=O)O)[C@@H](O)[C@H](O)[C@H]3O)ccc2Cl)cc1. The van der Waals surface area contributed by atoms with Crippen molar-refractivity contribution in [3.63, 3.8) is 0 Å². The maximum atomic E-state index is 12.4. The van der Waals surface area contributed by atoms with E-state index in [1.54, 1.807) is 18.2 Å². The third-order valence-electron chi connectivity index (χ3n) is 6.39. The molecule has 1 aliphatic heterocycles. The van der Waals surface area contributed by atoms with Gasteiger partial charge in [0.15, 0.2) is 5.60 Å². The maximum absolute atomic E-state index is 12.4. The number of carbonyl (C=O) groups is 3. The summed E-state index contributed by atoms with van der Waals surface area (Å²) in [4.78, 5) is 34.5. The molecule has 2 aromatic carbocycles. The largest absolute Gasteiger partial charge is 0.494 e. The molecule has 218 valence electrons. The van der Waals surface area contributed by atoms with Crippen LogP contribution in [0.4, 0.5) is 0 Å². The number of benzene rings is 2. The van der Waals surface area contributed by atoms with Crippen molar-refractivity contribution >= 4 is 29.5 Å². The van der Waals surface area contributed by atoms with E-state index in [4.69, 9.17) is 36.0 Å². The third-order valence-corrected chi connectivity index (χ3v) is 6.75. The van der Waals surface area contributed by atoms with Gasteiger partial charge in [0.05, 0.1) is 19.4 Å². The van der Waals surface area contributed by atoms with E-state index in [1.807, 2.05) is 31.2 Å². The molecule has 1 aliphatic rings. The summed E-state index contributed by atoms with van der Waals surface area (Å²) in [7, 11) is 0. The zero-order chi connectivity index (χ0) is 29.6. The predicted molar refractivity (Wildman–Crippen MR) is 138 cm³/mol. The summed E-state index contributed by atoms with van der Waals surface area (Å²) >= 11 is 6.40. The standard InChI is InChI=1S/C27H31ClO12/c1-2-38-17-6-3-14(4-7-17)9-16-10-15(5-8-18(16)28)25-24(35)23(34)22(33)19(40-25)13-39-26(36)27(37,11-20(29)30)12-21(31)32/h3-8,10,19,22-25,33-35,37H,2,9,11-13H2,1H3,(H,29,30)(H,31,32)/t19-,22-,23+,24-,25+/m1/s1. The van der Waals surface area contributed by atoms with Gasteiger partial charge in [0.25, 0.3) is 0 Å². The van der Waals surface area contributed by atoms with Crippen molar-refractivity contribution < 1.29 is 59.2 Å². The van der Waals surface area contributed by atoms with Crippen LogP contribution in [0.25, 0.3) is 0 Å². The number of aliphatic hydroxyl groups excluding tert-OH is 3. The summed E-state index contributed by atoms with van der Waals surface area (Å²) in [5.41, 5.74) is -0.882. The Bertz CT molecular complexity index is 1180. The van der Waals surface area contributed by atoms with Gasteiger partial charge in [-0.15, -0.1) is 0 Å². The van der Waals surface area contributed by atoms with Crippen LogP contribution in [0.5, 0.6) is 5.75 Å². The van der Waals surface area contributed by atoms with E-state index in [2.05, 4.69) is 0 Å². The molecule has 5 atom stereocenters. The number of esters is 1. The highest BCUT2D eigenvalue weighted by molar-refractivity contribution is 6.31. The molecule has 0 radical (unpaired) electrons. The summed E-state index contributed by atoms with van der Waals surface area (Å²) in [6, 6.07) is 12.2. The second-order valence-corrected chi connectivity index (χ2v) is 9.85. The fraction of sp³-hybridized carbons (Fsp3) is 0.444. The van der Waals surface area contributed by atoms with E-state index in [9.17, 15) is 34.8 Å². The van der Waals surface area contributed by atoms with Crippen molar-refractivity contribution in [2.24, 2.45) is 0 Å². The molecule has 40 heavy (non-hydrogen) atoms. The van der Waals surface area contributed by atoms with Gasteiger partial charge in [-0.3, -0.25) is 9.59 Å². The van der Waals surface area contributed by atoms with E-state index in [1.165, 1.54) is 0 Å². The first-order chi connectivity index (χ1) is 18.8. The Morgan fingerprint density at radius 2 is 1.57 bits per heavy atom. The lowest BCUT2D eigenvalue weighted by molar-refractivity contribution is -0.237. The number of ether oxygens (including phenoxy) is 3. The van der Waals surface area contributed by atoms with Crippen molar-refractivity contribution in [2.45, 2.75) is 62.3 Å². The van der Waals surface area contributed by atoms with Crippen molar-refractivity contribution in [3.8, 4) is 5.75 Å². The molecule has 3 rings (SSSR count). The quantitative estimate of drug-likeness (QED) is 0.195. The summed E-state index contributed by atoms with van der Waals surface area (Å²) in [6.07, 6.45) is -9.73. The van der Waals surface area contributed by atoms with Gasteiger partial charge in [-0.05, 0) is 48.2 Å². The Morgan fingerprint density at radius 1 is 0.950 bits per heavy atom. The highest BCUT2D eigenvalue weighted by Crippen LogP contribution is 2.35. The monoisotopic (exact) mass is 582 g/mol. The summed E-state index contributed by atoms with van der Waals surface area (Å²) < 4.78 is 16.1. The van der Waals surface area contributed by atoms with Gasteiger partial charge >= 0.3 is 17.9 Å². The fourth-order valence-electron chi connectivity index (χ4n) is 4.36. The van der Waals surface area contributed by atoms with Crippen LogP contribution in [0.1, 0.15) is 42.6 Å². The first-order valence-electron chi connectivity index (χ1n) is 12.4. The predicted octanol–water partition coefficient (Wildman–Crippen LogP) is 1.08. The van der Waals surface area contributed by atoms with Crippen LogP contribution in [-0.2, 0) is 30.3 Å². The summed E-state index contributed by atoms with van der Waals surface area (Å²) in [5, 5.41) is 60.2. The van der Waals surface area contributed by atoms with Gasteiger partial charge in [-0.1, -0.05) is 35.9 Å². The average Bonchev–Trinajstić information content (AvgIpc) is 2.88. The van der Waals surface area contributed by atoms with Crippen LogP contribution in [0, 0.1) is 0 Å². The van der Waals surface area contributed by atoms with Gasteiger partial charge in [-0.25, -0.2) is 4.79 Å². The molecule has 12 nitrogen and oxygen atoms in total. The molecule has 1 fully saturated rings. The molecular formula is C27H31ClO12. The van der Waals surface area contributed by atoms with Crippen LogP contribution in [-0.4, -0.2) is 91.8 Å². The van der Waals surface area contributed by atoms with Gasteiger partial charge in [-0.2, -0.15) is 0 Å². The lowest BCUT2D eigenvalue weighted by Crippen LogP contribution is -2.56. The Labute approximate surface area is 234 Å². The van der Waals surface area contributed by atoms with Crippen molar-refractivity contribution in [1.29, 1.82) is 0 Å². The Balaban J connectivity index is 1.77. The molecule has 6 N–H and O–H groups in total. The number of halogens is 1. The van der Waals surface area contributed by atoms with Gasteiger partial charge in [0.2, 0.25) is 0 Å². The molecular weight excluding hydrogens is 552 g/mol. The molecule has 0 aromatic heterocycles. The zero-order valence-electron chi connectivity index (χ0n) is 21.5. The fourth-order valence-corrected chi connectivity index (χ4v) is 4.54. The normalized spacial score (nSPS) is 22.9. The second kappa shape index (κ2) is 13.4. The summed E-state index contributed by atoms with van der Waals surface area (Å²) in [6.45, 7) is 1.63. The third kappa shape index (κ3) is 7.68. The van der Waals surface area contributed by atoms with Crippen molar-refractivity contribution in [1.82, 2.24) is 0 Å². The maximum Gasteiger partial charge on any atom is 0.339 e. The van der Waals surface area contributed by atoms with Gasteiger partial charge in [0, 0.05) is 5.02 Å². The number of rotatable bonds is 12. The van der Waals surface area contributed by atoms with Crippen molar-refractivity contribution in [3.05, 3.63) is 64.2 Å². The minimum Gasteiger partial charge on any atom is -0.494 e. The summed E-state index contributed by atoms with van der Waals surface area (Å²) in [5.74, 6) is -4.13. The Kier molecular flexibility index (Phi) is 10.5. The van der Waals surface area contributed by atoms with E-state index >= 15 is 0 Å². The molecule has 1 saturated heterocycles. The van der Waals surface area contributed by atoms with Crippen molar-refractivity contribution in [2.75, 3.05) is 13.2 Å². The highest BCUT2D eigenvalue weighted by atomic mass is 35.5. The molecule has 0 spiro atoms. The molecule has 2 aromatic rings. The van der Waals surface area contributed by atoms with E-state index in [-0.39, 0.29) is 0 Å². The molecule has 1 heterocycles. The average molecular weight is 583 g/mol.